The molecule has 1 aliphatic rings. The molecule has 0 N–H and O–H groups in total. The van der Waals surface area contributed by atoms with Crippen molar-refractivity contribution < 1.29 is 0 Å². The maximum atomic E-state index is 8.68. The molecular weight excluding hydrogens is 148 g/mol. The zero-order chi connectivity index (χ0) is 8.39. The van der Waals surface area contributed by atoms with Crippen molar-refractivity contribution in [3.05, 3.63) is 29.8 Å². The zero-order valence-corrected chi connectivity index (χ0v) is 6.57. The van der Waals surface area contributed by atoms with E-state index in [2.05, 4.69) is 11.1 Å². The van der Waals surface area contributed by atoms with E-state index in [9.17, 15) is 0 Å². The maximum absolute atomic E-state index is 8.68. The van der Waals surface area contributed by atoms with Crippen molar-refractivity contribution in [2.75, 3.05) is 0 Å². The van der Waals surface area contributed by atoms with Gasteiger partial charge in [0.25, 0.3) is 0 Å². The fraction of sp³-hybridized carbons (Fsp3) is 0.200. The van der Waals surface area contributed by atoms with Crippen LogP contribution in [0.25, 0.3) is 0 Å². The van der Waals surface area contributed by atoms with Crippen LogP contribution in [0.1, 0.15) is 5.56 Å². The Morgan fingerprint density at radius 1 is 1.42 bits per heavy atom. The predicted octanol–water partition coefficient (Wildman–Crippen LogP) is 2.08. The highest BCUT2D eigenvalue weighted by Gasteiger charge is 2.12. The van der Waals surface area contributed by atoms with Gasteiger partial charge in [-0.15, -0.1) is 0 Å². The van der Waals surface area contributed by atoms with E-state index in [1.165, 1.54) is 5.56 Å². The van der Waals surface area contributed by atoms with Gasteiger partial charge in [0, 0.05) is 6.21 Å². The maximum Gasteiger partial charge on any atom is 0.0856 e. The van der Waals surface area contributed by atoms with Crippen molar-refractivity contribution in [3.8, 4) is 6.07 Å². The van der Waals surface area contributed by atoms with Crippen LogP contribution in [-0.4, -0.2) is 6.21 Å². The normalized spacial score (nSPS) is 19.8. The van der Waals surface area contributed by atoms with Gasteiger partial charge in [0.05, 0.1) is 17.7 Å². The largest absolute Gasteiger partial charge is 0.260 e. The van der Waals surface area contributed by atoms with Crippen molar-refractivity contribution in [2.24, 2.45) is 10.9 Å². The molecular formula is C10H8N2. The lowest BCUT2D eigenvalue weighted by Gasteiger charge is -2.11. The molecule has 0 fully saturated rings. The van der Waals surface area contributed by atoms with Crippen LogP contribution in [0, 0.1) is 17.2 Å². The van der Waals surface area contributed by atoms with Gasteiger partial charge in [-0.2, -0.15) is 5.26 Å². The minimum atomic E-state index is -0.0418. The molecule has 2 nitrogen and oxygen atoms in total. The molecule has 0 saturated heterocycles. The zero-order valence-electron chi connectivity index (χ0n) is 6.57. The van der Waals surface area contributed by atoms with E-state index < -0.39 is 0 Å². The molecule has 0 aromatic heterocycles. The summed E-state index contributed by atoms with van der Waals surface area (Å²) in [6.45, 7) is 0. The molecule has 1 aromatic carbocycles. The van der Waals surface area contributed by atoms with E-state index in [-0.39, 0.29) is 5.92 Å². The van der Waals surface area contributed by atoms with E-state index in [0.29, 0.717) is 0 Å². The molecule has 1 aromatic rings. The van der Waals surface area contributed by atoms with Gasteiger partial charge in [-0.1, -0.05) is 18.2 Å². The minimum absolute atomic E-state index is 0.0418. The fourth-order valence-corrected chi connectivity index (χ4v) is 1.35. The molecule has 1 atom stereocenters. The number of nitriles is 1. The van der Waals surface area contributed by atoms with Gasteiger partial charge in [-0.05, 0) is 18.1 Å². The van der Waals surface area contributed by atoms with Crippen LogP contribution in [0.15, 0.2) is 29.3 Å². The first-order valence-corrected chi connectivity index (χ1v) is 3.92. The Balaban J connectivity index is 2.41. The summed E-state index contributed by atoms with van der Waals surface area (Å²) >= 11 is 0. The fourth-order valence-electron chi connectivity index (χ4n) is 1.35. The lowest BCUT2D eigenvalue weighted by atomic mass is 9.98. The van der Waals surface area contributed by atoms with E-state index in [1.54, 1.807) is 6.21 Å². The lowest BCUT2D eigenvalue weighted by Crippen LogP contribution is -2.07. The number of aliphatic imine (C=N–C) groups is 1. The second kappa shape index (κ2) is 2.78. The predicted molar refractivity (Wildman–Crippen MR) is 47.4 cm³/mol. The summed E-state index contributed by atoms with van der Waals surface area (Å²) < 4.78 is 0. The molecule has 0 saturated carbocycles. The molecule has 2 rings (SSSR count). The third-order valence-corrected chi connectivity index (χ3v) is 1.99. The van der Waals surface area contributed by atoms with Gasteiger partial charge in [0.1, 0.15) is 0 Å². The number of fused-ring (bicyclic) bond motifs is 1. The molecule has 1 unspecified atom stereocenters. The molecule has 0 aliphatic carbocycles. The monoisotopic (exact) mass is 156 g/mol. The molecule has 12 heavy (non-hydrogen) atoms. The van der Waals surface area contributed by atoms with Crippen molar-refractivity contribution in [3.63, 3.8) is 0 Å². The second-order valence-corrected chi connectivity index (χ2v) is 2.85. The number of rotatable bonds is 0. The standard InChI is InChI=1S/C10H8N2/c11-6-8-5-9-3-1-2-4-10(9)12-7-8/h1-4,7-8H,5H2. The van der Waals surface area contributed by atoms with Gasteiger partial charge in [-0.25, -0.2) is 0 Å². The minimum Gasteiger partial charge on any atom is -0.260 e. The third-order valence-electron chi connectivity index (χ3n) is 1.99. The van der Waals surface area contributed by atoms with Gasteiger partial charge < -0.3 is 0 Å². The Kier molecular flexibility index (Phi) is 1.64. The van der Waals surface area contributed by atoms with Crippen LogP contribution in [0.5, 0.6) is 0 Å². The van der Waals surface area contributed by atoms with Gasteiger partial charge in [-0.3, -0.25) is 4.99 Å². The van der Waals surface area contributed by atoms with Crippen LogP contribution < -0.4 is 0 Å². The molecule has 1 aliphatic heterocycles. The number of benzene rings is 1. The van der Waals surface area contributed by atoms with E-state index in [4.69, 9.17) is 5.26 Å². The Hall–Kier alpha value is -1.62. The van der Waals surface area contributed by atoms with Gasteiger partial charge in [0.2, 0.25) is 0 Å². The van der Waals surface area contributed by atoms with Crippen LogP contribution >= 0.6 is 0 Å². The summed E-state index contributed by atoms with van der Waals surface area (Å²) in [5, 5.41) is 8.68. The average Bonchev–Trinajstić information content (AvgIpc) is 2.17. The number of hydrogen-bond acceptors (Lipinski definition) is 2. The van der Waals surface area contributed by atoms with Crippen molar-refractivity contribution in [1.82, 2.24) is 0 Å². The summed E-state index contributed by atoms with van der Waals surface area (Å²) in [6, 6.07) is 10.1. The first-order valence-electron chi connectivity index (χ1n) is 3.92. The first-order chi connectivity index (χ1) is 5.90. The summed E-state index contributed by atoms with van der Waals surface area (Å²) in [7, 11) is 0. The Bertz CT molecular complexity index is 360. The van der Waals surface area contributed by atoms with Crippen molar-refractivity contribution in [1.29, 1.82) is 5.26 Å². The first kappa shape index (κ1) is 7.05. The van der Waals surface area contributed by atoms with Gasteiger partial charge in [0.15, 0.2) is 0 Å². The molecule has 0 spiro atoms. The van der Waals surface area contributed by atoms with Crippen LogP contribution in [0.4, 0.5) is 5.69 Å². The molecule has 0 radical (unpaired) electrons. The topological polar surface area (TPSA) is 36.1 Å². The average molecular weight is 156 g/mol. The number of hydrogen-bond donors (Lipinski definition) is 0. The van der Waals surface area contributed by atoms with Crippen molar-refractivity contribution >= 4 is 11.9 Å². The second-order valence-electron chi connectivity index (χ2n) is 2.85. The van der Waals surface area contributed by atoms with E-state index >= 15 is 0 Å². The third kappa shape index (κ3) is 1.10. The summed E-state index contributed by atoms with van der Waals surface area (Å²) in [5.41, 5.74) is 2.18. The smallest absolute Gasteiger partial charge is 0.0856 e. The summed E-state index contributed by atoms with van der Waals surface area (Å²) in [4.78, 5) is 4.20. The quantitative estimate of drug-likeness (QED) is 0.566. The Morgan fingerprint density at radius 2 is 2.25 bits per heavy atom. The van der Waals surface area contributed by atoms with Crippen LogP contribution in [-0.2, 0) is 6.42 Å². The highest BCUT2D eigenvalue weighted by Crippen LogP contribution is 2.24. The van der Waals surface area contributed by atoms with Crippen molar-refractivity contribution in [2.45, 2.75) is 6.42 Å². The highest BCUT2D eigenvalue weighted by molar-refractivity contribution is 5.73. The SMILES string of the molecule is N#CC1C=Nc2ccccc2C1. The summed E-state index contributed by atoms with van der Waals surface area (Å²) in [5.74, 6) is -0.0418. The van der Waals surface area contributed by atoms with Crippen LogP contribution in [0.2, 0.25) is 0 Å². The number of nitrogens with zero attached hydrogens (tertiary/aromatic N) is 2. The van der Waals surface area contributed by atoms with Gasteiger partial charge >= 0.3 is 0 Å². The molecule has 1 heterocycles. The van der Waals surface area contributed by atoms with E-state index in [0.717, 1.165) is 12.1 Å². The molecule has 58 valence electrons. The number of para-hydroxylation sites is 1. The highest BCUT2D eigenvalue weighted by atomic mass is 14.7. The van der Waals surface area contributed by atoms with Crippen LogP contribution in [0.3, 0.4) is 0 Å². The Morgan fingerprint density at radius 3 is 3.08 bits per heavy atom. The molecule has 0 bridgehead atoms. The molecule has 2 heteroatoms. The molecule has 0 amide bonds. The van der Waals surface area contributed by atoms with E-state index in [1.807, 2.05) is 24.3 Å². The lowest BCUT2D eigenvalue weighted by molar-refractivity contribution is 0.864. The summed E-state index contributed by atoms with van der Waals surface area (Å²) in [6.07, 6.45) is 2.53. The Labute approximate surface area is 71.2 Å².